The van der Waals surface area contributed by atoms with Crippen LogP contribution in [0.15, 0.2) is 28.7 Å². The van der Waals surface area contributed by atoms with E-state index in [1.165, 1.54) is 0 Å². The molecule has 0 fully saturated rings. The summed E-state index contributed by atoms with van der Waals surface area (Å²) in [6.45, 7) is 0. The summed E-state index contributed by atoms with van der Waals surface area (Å²) in [6, 6.07) is 5.49. The Morgan fingerprint density at radius 3 is 2.82 bits per heavy atom. The molecule has 0 radical (unpaired) electrons. The van der Waals surface area contributed by atoms with Crippen molar-refractivity contribution in [2.75, 3.05) is 7.05 Å². The van der Waals surface area contributed by atoms with Crippen molar-refractivity contribution >= 4 is 50.7 Å². The van der Waals surface area contributed by atoms with Gasteiger partial charge in [-0.25, -0.2) is 0 Å². The molecular formula is C12H10BrCl2NO. The third-order valence-corrected chi connectivity index (χ3v) is 3.94. The number of nitrogens with zero attached hydrogens (tertiary/aromatic N) is 1. The summed E-state index contributed by atoms with van der Waals surface area (Å²) in [5.41, 5.74) is 1.80. The summed E-state index contributed by atoms with van der Waals surface area (Å²) < 4.78 is 0.865. The second-order valence-electron chi connectivity index (χ2n) is 3.81. The van der Waals surface area contributed by atoms with E-state index in [1.54, 1.807) is 18.0 Å². The first kappa shape index (κ1) is 12.9. The van der Waals surface area contributed by atoms with Crippen LogP contribution in [0.5, 0.6) is 0 Å². The highest BCUT2D eigenvalue weighted by Gasteiger charge is 2.27. The molecule has 0 saturated heterocycles. The van der Waals surface area contributed by atoms with Gasteiger partial charge in [-0.1, -0.05) is 39.7 Å². The van der Waals surface area contributed by atoms with Gasteiger partial charge in [-0.05, 0) is 18.6 Å². The Balaban J connectivity index is 2.43. The summed E-state index contributed by atoms with van der Waals surface area (Å²) in [6.07, 6.45) is 2.52. The minimum Gasteiger partial charge on any atom is -0.314 e. The molecule has 0 N–H and O–H groups in total. The fourth-order valence-electron chi connectivity index (χ4n) is 1.77. The lowest BCUT2D eigenvalue weighted by Crippen LogP contribution is -2.35. The Morgan fingerprint density at radius 1 is 1.47 bits per heavy atom. The van der Waals surface area contributed by atoms with Gasteiger partial charge < -0.3 is 4.90 Å². The maximum absolute atomic E-state index is 11.8. The van der Waals surface area contributed by atoms with Crippen LogP contribution in [0.25, 0.3) is 5.70 Å². The highest BCUT2D eigenvalue weighted by Crippen LogP contribution is 2.32. The molecule has 0 saturated carbocycles. The van der Waals surface area contributed by atoms with E-state index in [0.717, 1.165) is 15.7 Å². The van der Waals surface area contributed by atoms with Gasteiger partial charge in [0, 0.05) is 27.8 Å². The number of hydrogen-bond donors (Lipinski definition) is 0. The Labute approximate surface area is 118 Å². The quantitative estimate of drug-likeness (QED) is 0.713. The van der Waals surface area contributed by atoms with Crippen molar-refractivity contribution in [2.24, 2.45) is 0 Å². The standard InChI is InChI=1S/C12H10BrCl2NO/c1-16-11(5-4-10(15)12(16)17)8-3-2-7(14)6-9(8)13/h2-3,5-6,10H,4H2,1H3. The summed E-state index contributed by atoms with van der Waals surface area (Å²) in [5, 5.41) is 0.191. The van der Waals surface area contributed by atoms with Crippen LogP contribution in [-0.4, -0.2) is 23.2 Å². The van der Waals surface area contributed by atoms with Crippen LogP contribution in [0.2, 0.25) is 5.02 Å². The topological polar surface area (TPSA) is 20.3 Å². The minimum absolute atomic E-state index is 0.0778. The van der Waals surface area contributed by atoms with Crippen molar-refractivity contribution in [3.8, 4) is 0 Å². The molecule has 1 aliphatic rings. The summed E-state index contributed by atoms with van der Waals surface area (Å²) >= 11 is 15.3. The molecule has 1 aromatic rings. The van der Waals surface area contributed by atoms with E-state index in [0.29, 0.717) is 11.4 Å². The van der Waals surface area contributed by atoms with Crippen LogP contribution in [0.4, 0.5) is 0 Å². The Hall–Kier alpha value is -0.510. The van der Waals surface area contributed by atoms with Crippen molar-refractivity contribution in [3.05, 3.63) is 39.3 Å². The lowest BCUT2D eigenvalue weighted by molar-refractivity contribution is -0.126. The number of carbonyl (C=O) groups is 1. The van der Waals surface area contributed by atoms with Crippen LogP contribution in [0, 0.1) is 0 Å². The molecule has 0 bridgehead atoms. The number of carbonyl (C=O) groups excluding carboxylic acids is 1. The predicted molar refractivity (Wildman–Crippen MR) is 74.2 cm³/mol. The molecule has 0 aromatic heterocycles. The van der Waals surface area contributed by atoms with Crippen molar-refractivity contribution in [2.45, 2.75) is 11.8 Å². The number of alkyl halides is 1. The van der Waals surface area contributed by atoms with Crippen LogP contribution < -0.4 is 0 Å². The third-order valence-electron chi connectivity index (χ3n) is 2.69. The van der Waals surface area contributed by atoms with Crippen LogP contribution in [0.3, 0.4) is 0 Å². The van der Waals surface area contributed by atoms with Gasteiger partial charge in [-0.15, -0.1) is 11.6 Å². The van der Waals surface area contributed by atoms with Crippen molar-refractivity contribution < 1.29 is 4.79 Å². The molecule has 1 heterocycles. The molecule has 2 rings (SSSR count). The largest absolute Gasteiger partial charge is 0.314 e. The summed E-state index contributed by atoms with van der Waals surface area (Å²) in [4.78, 5) is 13.4. The number of hydrogen-bond acceptors (Lipinski definition) is 1. The first-order valence-corrected chi connectivity index (χ1v) is 6.68. The van der Waals surface area contributed by atoms with Crippen molar-refractivity contribution in [3.63, 3.8) is 0 Å². The van der Waals surface area contributed by atoms with Crippen LogP contribution in [0.1, 0.15) is 12.0 Å². The molecule has 1 amide bonds. The van der Waals surface area contributed by atoms with Gasteiger partial charge in [0.05, 0.1) is 0 Å². The van der Waals surface area contributed by atoms with E-state index in [-0.39, 0.29) is 5.91 Å². The van der Waals surface area contributed by atoms with Crippen molar-refractivity contribution in [1.29, 1.82) is 0 Å². The minimum atomic E-state index is -0.463. The Bertz CT molecular complexity index is 501. The molecule has 1 aromatic carbocycles. The summed E-state index contributed by atoms with van der Waals surface area (Å²) in [5.74, 6) is -0.0778. The molecule has 1 aliphatic heterocycles. The maximum Gasteiger partial charge on any atom is 0.245 e. The van der Waals surface area contributed by atoms with Gasteiger partial charge in [0.2, 0.25) is 5.91 Å². The van der Waals surface area contributed by atoms with Gasteiger partial charge in [0.1, 0.15) is 5.38 Å². The maximum atomic E-state index is 11.8. The lowest BCUT2D eigenvalue weighted by atomic mass is 10.0. The van der Waals surface area contributed by atoms with E-state index < -0.39 is 5.38 Å². The number of halogens is 3. The average Bonchev–Trinajstić information content (AvgIpc) is 2.28. The zero-order chi connectivity index (χ0) is 12.6. The third kappa shape index (κ3) is 2.51. The Morgan fingerprint density at radius 2 is 2.18 bits per heavy atom. The van der Waals surface area contributed by atoms with E-state index in [1.807, 2.05) is 18.2 Å². The molecule has 90 valence electrons. The second kappa shape index (κ2) is 5.01. The first-order chi connectivity index (χ1) is 8.00. The Kier molecular flexibility index (Phi) is 3.81. The average molecular weight is 335 g/mol. The fourth-order valence-corrected chi connectivity index (χ4v) is 2.89. The van der Waals surface area contributed by atoms with E-state index >= 15 is 0 Å². The smallest absolute Gasteiger partial charge is 0.245 e. The number of amides is 1. The monoisotopic (exact) mass is 333 g/mol. The number of allylic oxidation sites excluding steroid dienone is 1. The zero-order valence-electron chi connectivity index (χ0n) is 9.08. The first-order valence-electron chi connectivity index (χ1n) is 5.08. The zero-order valence-corrected chi connectivity index (χ0v) is 12.2. The van der Waals surface area contributed by atoms with Crippen LogP contribution in [-0.2, 0) is 4.79 Å². The normalized spacial score (nSPS) is 20.5. The molecule has 1 atom stereocenters. The van der Waals surface area contributed by atoms with Gasteiger partial charge in [-0.2, -0.15) is 0 Å². The predicted octanol–water partition coefficient (Wildman–Crippen LogP) is 3.91. The van der Waals surface area contributed by atoms with E-state index in [2.05, 4.69) is 15.9 Å². The number of benzene rings is 1. The van der Waals surface area contributed by atoms with E-state index in [4.69, 9.17) is 23.2 Å². The highest BCUT2D eigenvalue weighted by molar-refractivity contribution is 9.10. The molecule has 0 aliphatic carbocycles. The second-order valence-corrected chi connectivity index (χ2v) is 5.63. The van der Waals surface area contributed by atoms with Gasteiger partial charge in [-0.3, -0.25) is 4.79 Å². The van der Waals surface area contributed by atoms with Gasteiger partial charge in [0.15, 0.2) is 0 Å². The molecule has 0 spiro atoms. The van der Waals surface area contributed by atoms with Gasteiger partial charge >= 0.3 is 0 Å². The van der Waals surface area contributed by atoms with Gasteiger partial charge in [0.25, 0.3) is 0 Å². The van der Waals surface area contributed by atoms with E-state index in [9.17, 15) is 4.79 Å². The summed E-state index contributed by atoms with van der Waals surface area (Å²) in [7, 11) is 1.73. The van der Waals surface area contributed by atoms with Crippen molar-refractivity contribution in [1.82, 2.24) is 4.90 Å². The lowest BCUT2D eigenvalue weighted by Gasteiger charge is -2.28. The highest BCUT2D eigenvalue weighted by atomic mass is 79.9. The molecule has 5 heteroatoms. The number of rotatable bonds is 1. The fraction of sp³-hybridized carbons (Fsp3) is 0.250. The van der Waals surface area contributed by atoms with Crippen LogP contribution >= 0.6 is 39.1 Å². The SMILES string of the molecule is CN1C(=O)C(Cl)CC=C1c1ccc(Cl)cc1Br. The molecule has 1 unspecified atom stereocenters. The molecule has 2 nitrogen and oxygen atoms in total. The molecule has 17 heavy (non-hydrogen) atoms. The molecular weight excluding hydrogens is 325 g/mol.